The van der Waals surface area contributed by atoms with E-state index in [1.807, 2.05) is 7.05 Å². The Hall–Kier alpha value is -3.73. The fraction of sp³-hybridized carbons (Fsp3) is 0.360. The highest BCUT2D eigenvalue weighted by Gasteiger charge is 2.37. The molecule has 2 aliphatic rings. The van der Waals surface area contributed by atoms with Gasteiger partial charge in [0.15, 0.2) is 0 Å². The van der Waals surface area contributed by atoms with Gasteiger partial charge in [0.25, 0.3) is 15.9 Å². The predicted octanol–water partition coefficient (Wildman–Crippen LogP) is 3.80. The Morgan fingerprint density at radius 3 is 2.61 bits per heavy atom. The summed E-state index contributed by atoms with van der Waals surface area (Å²) in [5.41, 5.74) is 1.72. The van der Waals surface area contributed by atoms with Crippen molar-refractivity contribution in [3.63, 3.8) is 0 Å². The highest BCUT2D eigenvalue weighted by atomic mass is 32.2. The van der Waals surface area contributed by atoms with E-state index in [9.17, 15) is 18.0 Å². The molecule has 5 rings (SSSR count). The smallest absolute Gasteiger partial charge is 0.336 e. The number of rotatable bonds is 5. The summed E-state index contributed by atoms with van der Waals surface area (Å²) in [5.74, 6) is -0.0995. The number of hydrogen-bond acceptors (Lipinski definition) is 6. The fourth-order valence-electron chi connectivity index (χ4n) is 4.86. The number of amides is 3. The summed E-state index contributed by atoms with van der Waals surface area (Å²) in [5, 5.41) is 6.69. The number of fused-ring (bicyclic) bond motifs is 1. The van der Waals surface area contributed by atoms with Gasteiger partial charge in [-0.3, -0.25) is 4.79 Å². The molecule has 2 heterocycles. The Morgan fingerprint density at radius 1 is 1.11 bits per heavy atom. The Labute approximate surface area is 210 Å². The number of carbonyl (C=O) groups excluding carboxylic acids is 2. The van der Waals surface area contributed by atoms with Gasteiger partial charge in [-0.15, -0.1) is 0 Å². The molecule has 0 bridgehead atoms. The molecular formula is C25H28N6O4S. The van der Waals surface area contributed by atoms with Gasteiger partial charge in [0.1, 0.15) is 17.6 Å². The van der Waals surface area contributed by atoms with Gasteiger partial charge in [-0.25, -0.2) is 27.2 Å². The summed E-state index contributed by atoms with van der Waals surface area (Å²) < 4.78 is 29.1. The second kappa shape index (κ2) is 9.73. The number of urea groups is 1. The molecule has 11 heteroatoms. The third-order valence-corrected chi connectivity index (χ3v) is 8.65. The first-order valence-corrected chi connectivity index (χ1v) is 13.5. The molecule has 1 aromatic heterocycles. The predicted molar refractivity (Wildman–Crippen MR) is 133 cm³/mol. The van der Waals surface area contributed by atoms with E-state index in [0.717, 1.165) is 30.0 Å². The maximum atomic E-state index is 13.5. The molecule has 0 atom stereocenters. The van der Waals surface area contributed by atoms with Crippen molar-refractivity contribution in [3.8, 4) is 5.69 Å². The summed E-state index contributed by atoms with van der Waals surface area (Å²) in [7, 11) is -2.32. The Kier molecular flexibility index (Phi) is 6.48. The minimum absolute atomic E-state index is 0.0320. The van der Waals surface area contributed by atoms with Crippen LogP contribution in [0.2, 0.25) is 0 Å². The van der Waals surface area contributed by atoms with E-state index >= 15 is 0 Å². The van der Waals surface area contributed by atoms with E-state index in [4.69, 9.17) is 0 Å². The van der Waals surface area contributed by atoms with Gasteiger partial charge in [-0.05, 0) is 48.7 Å². The summed E-state index contributed by atoms with van der Waals surface area (Å²) in [6, 6.07) is 10.9. The minimum atomic E-state index is -4.15. The molecule has 36 heavy (non-hydrogen) atoms. The molecule has 1 N–H and O–H groups in total. The molecule has 0 unspecified atom stereocenters. The maximum Gasteiger partial charge on any atom is 0.336 e. The average molecular weight is 509 g/mol. The van der Waals surface area contributed by atoms with Crippen molar-refractivity contribution in [2.24, 2.45) is 0 Å². The molecule has 1 fully saturated rings. The molecule has 0 saturated heterocycles. The number of sulfonamides is 1. The van der Waals surface area contributed by atoms with Crippen molar-refractivity contribution in [1.29, 1.82) is 0 Å². The minimum Gasteiger partial charge on any atom is -0.339 e. The van der Waals surface area contributed by atoms with Gasteiger partial charge in [-0.1, -0.05) is 37.8 Å². The third-order valence-electron chi connectivity index (χ3n) is 6.88. The first-order valence-electron chi connectivity index (χ1n) is 12.0. The van der Waals surface area contributed by atoms with Crippen molar-refractivity contribution in [2.75, 3.05) is 12.4 Å². The van der Waals surface area contributed by atoms with E-state index < -0.39 is 16.1 Å². The SMILES string of the molecule is CN(C(=O)c1cccc(CN2C(=O)Nc3ccc(-n4cncn4)cc3S2(=O)=O)c1)C1CCCCCC1. The van der Waals surface area contributed by atoms with Crippen LogP contribution in [-0.2, 0) is 16.6 Å². The first kappa shape index (κ1) is 24.0. The van der Waals surface area contributed by atoms with E-state index in [-0.39, 0.29) is 29.1 Å². The van der Waals surface area contributed by atoms with Crippen LogP contribution < -0.4 is 5.32 Å². The molecule has 3 aromatic rings. The van der Waals surface area contributed by atoms with Crippen LogP contribution >= 0.6 is 0 Å². The zero-order valence-electron chi connectivity index (χ0n) is 20.0. The van der Waals surface area contributed by atoms with Gasteiger partial charge in [0.2, 0.25) is 0 Å². The van der Waals surface area contributed by atoms with Crippen molar-refractivity contribution in [1.82, 2.24) is 24.0 Å². The zero-order valence-corrected chi connectivity index (χ0v) is 20.8. The van der Waals surface area contributed by atoms with Crippen LogP contribution in [0.3, 0.4) is 0 Å². The van der Waals surface area contributed by atoms with Gasteiger partial charge in [-0.2, -0.15) is 5.10 Å². The third kappa shape index (κ3) is 4.58. The van der Waals surface area contributed by atoms with Crippen molar-refractivity contribution >= 4 is 27.6 Å². The lowest BCUT2D eigenvalue weighted by atomic mass is 10.1. The lowest BCUT2D eigenvalue weighted by Crippen LogP contribution is -2.43. The number of nitrogens with zero attached hydrogens (tertiary/aromatic N) is 5. The molecule has 10 nitrogen and oxygen atoms in total. The molecule has 188 valence electrons. The van der Waals surface area contributed by atoms with Crippen molar-refractivity contribution in [3.05, 3.63) is 66.2 Å². The van der Waals surface area contributed by atoms with Gasteiger partial charge >= 0.3 is 6.03 Å². The van der Waals surface area contributed by atoms with E-state index in [1.54, 1.807) is 35.2 Å². The lowest BCUT2D eigenvalue weighted by Gasteiger charge is -2.29. The lowest BCUT2D eigenvalue weighted by molar-refractivity contribution is 0.0717. The van der Waals surface area contributed by atoms with Gasteiger partial charge in [0, 0.05) is 18.7 Å². The fourth-order valence-corrected chi connectivity index (χ4v) is 6.34. The molecule has 1 aliphatic carbocycles. The van der Waals surface area contributed by atoms with Crippen LogP contribution in [0.1, 0.15) is 54.4 Å². The Bertz CT molecular complexity index is 1380. The monoisotopic (exact) mass is 508 g/mol. The van der Waals surface area contributed by atoms with Crippen LogP contribution in [0.15, 0.2) is 60.0 Å². The average Bonchev–Trinajstić information content (AvgIpc) is 3.28. The second-order valence-electron chi connectivity index (χ2n) is 9.22. The Morgan fingerprint density at radius 2 is 1.89 bits per heavy atom. The van der Waals surface area contributed by atoms with E-state index in [1.165, 1.54) is 42.3 Å². The number of anilines is 1. The zero-order chi connectivity index (χ0) is 25.3. The van der Waals surface area contributed by atoms with E-state index in [0.29, 0.717) is 16.8 Å². The second-order valence-corrected chi connectivity index (χ2v) is 11.1. The Balaban J connectivity index is 1.39. The van der Waals surface area contributed by atoms with Crippen LogP contribution in [0.25, 0.3) is 5.69 Å². The summed E-state index contributed by atoms with van der Waals surface area (Å²) in [6.07, 6.45) is 9.42. The molecule has 0 spiro atoms. The highest BCUT2D eigenvalue weighted by Crippen LogP contribution is 2.33. The standard InChI is InChI=1S/C25H28N6O4S/c1-29(20-9-4-2-3-5-10-20)24(32)19-8-6-7-18(13-19)15-31-25(33)28-22-12-11-21(30-17-26-16-27-30)14-23(22)36(31,34)35/h6-8,11-14,16-17,20H,2-5,9-10,15H2,1H3,(H,28,33). The highest BCUT2D eigenvalue weighted by molar-refractivity contribution is 7.90. The van der Waals surface area contributed by atoms with Crippen LogP contribution in [0.5, 0.6) is 0 Å². The topological polar surface area (TPSA) is 118 Å². The summed E-state index contributed by atoms with van der Waals surface area (Å²) in [6.45, 7) is -0.199. The van der Waals surface area contributed by atoms with Crippen molar-refractivity contribution < 1.29 is 18.0 Å². The maximum absolute atomic E-state index is 13.5. The number of hydrogen-bond donors (Lipinski definition) is 1. The molecule has 2 aromatic carbocycles. The normalized spacial score (nSPS) is 17.7. The number of benzene rings is 2. The van der Waals surface area contributed by atoms with Crippen LogP contribution in [-0.4, -0.2) is 57.4 Å². The van der Waals surface area contributed by atoms with Gasteiger partial charge < -0.3 is 10.2 Å². The number of carbonyl (C=O) groups is 2. The molecular weight excluding hydrogens is 480 g/mol. The van der Waals surface area contributed by atoms with Gasteiger partial charge in [0.05, 0.1) is 17.9 Å². The largest absolute Gasteiger partial charge is 0.339 e. The molecule has 0 radical (unpaired) electrons. The first-order chi connectivity index (χ1) is 17.3. The molecule has 3 amide bonds. The number of nitrogens with one attached hydrogen (secondary N) is 1. The van der Waals surface area contributed by atoms with Crippen molar-refractivity contribution in [2.45, 2.75) is 56.0 Å². The summed E-state index contributed by atoms with van der Waals surface area (Å²) in [4.78, 5) is 31.7. The molecule has 1 saturated carbocycles. The quantitative estimate of drug-likeness (QED) is 0.524. The van der Waals surface area contributed by atoms with Crippen LogP contribution in [0, 0.1) is 0 Å². The summed E-state index contributed by atoms with van der Waals surface area (Å²) >= 11 is 0. The molecule has 1 aliphatic heterocycles. The number of aromatic nitrogens is 3. The van der Waals surface area contributed by atoms with E-state index in [2.05, 4.69) is 15.4 Å². The van der Waals surface area contributed by atoms with Crippen LogP contribution in [0.4, 0.5) is 10.5 Å².